The van der Waals surface area contributed by atoms with E-state index in [1.165, 1.54) is 38.5 Å². The molecule has 3 nitrogen and oxygen atoms in total. The number of piperidine rings is 1. The summed E-state index contributed by atoms with van der Waals surface area (Å²) in [6.07, 6.45) is 8.63. The highest BCUT2D eigenvalue weighted by Gasteiger charge is 2.40. The van der Waals surface area contributed by atoms with Crippen molar-refractivity contribution < 1.29 is 4.79 Å². The lowest BCUT2D eigenvalue weighted by Gasteiger charge is -2.41. The molecule has 1 amide bonds. The molecule has 1 aliphatic carbocycles. The predicted molar refractivity (Wildman–Crippen MR) is 69.6 cm³/mol. The first-order valence-corrected chi connectivity index (χ1v) is 7.07. The number of nitrogens with two attached hydrogens (primary N) is 1. The molecule has 0 bridgehead atoms. The molecule has 0 aromatic rings. The second-order valence-electron chi connectivity index (χ2n) is 6.27. The van der Waals surface area contributed by atoms with E-state index in [2.05, 4.69) is 0 Å². The molecule has 0 aromatic carbocycles. The summed E-state index contributed by atoms with van der Waals surface area (Å²) in [5, 5.41) is 0. The maximum atomic E-state index is 12.3. The van der Waals surface area contributed by atoms with Gasteiger partial charge in [-0.3, -0.25) is 4.79 Å². The van der Waals surface area contributed by atoms with Crippen molar-refractivity contribution in [3.05, 3.63) is 0 Å². The van der Waals surface area contributed by atoms with Gasteiger partial charge < -0.3 is 10.6 Å². The van der Waals surface area contributed by atoms with Crippen LogP contribution in [-0.2, 0) is 4.79 Å². The van der Waals surface area contributed by atoms with Crippen LogP contribution in [0.4, 0.5) is 0 Å². The van der Waals surface area contributed by atoms with Gasteiger partial charge in [-0.05, 0) is 44.4 Å². The van der Waals surface area contributed by atoms with Crippen molar-refractivity contribution in [3.63, 3.8) is 0 Å². The van der Waals surface area contributed by atoms with Gasteiger partial charge in [0.2, 0.25) is 5.91 Å². The van der Waals surface area contributed by atoms with Crippen LogP contribution in [0, 0.1) is 5.41 Å². The minimum atomic E-state index is -0.666. The Morgan fingerprint density at radius 3 is 2.24 bits per heavy atom. The van der Waals surface area contributed by atoms with Gasteiger partial charge in [-0.15, -0.1) is 0 Å². The smallest absolute Gasteiger partial charge is 0.242 e. The zero-order valence-corrected chi connectivity index (χ0v) is 11.3. The lowest BCUT2D eigenvalue weighted by atomic mass is 9.76. The van der Waals surface area contributed by atoms with Gasteiger partial charge in [-0.25, -0.2) is 0 Å². The van der Waals surface area contributed by atoms with Crippen molar-refractivity contribution >= 4 is 5.91 Å². The number of rotatable bonds is 2. The summed E-state index contributed by atoms with van der Waals surface area (Å²) in [4.78, 5) is 14.2. The van der Waals surface area contributed by atoms with E-state index in [9.17, 15) is 4.79 Å². The number of likely N-dealkylation sites (tertiary alicyclic amines) is 1. The van der Waals surface area contributed by atoms with Crippen LogP contribution in [0.15, 0.2) is 0 Å². The molecule has 1 saturated carbocycles. The van der Waals surface area contributed by atoms with Gasteiger partial charge in [-0.2, -0.15) is 0 Å². The fourth-order valence-corrected chi connectivity index (χ4v) is 3.32. The van der Waals surface area contributed by atoms with Crippen molar-refractivity contribution in [2.24, 2.45) is 11.1 Å². The van der Waals surface area contributed by atoms with Crippen LogP contribution in [0.3, 0.4) is 0 Å². The Morgan fingerprint density at radius 1 is 1.24 bits per heavy atom. The predicted octanol–water partition coefficient (Wildman–Crippen LogP) is 2.30. The normalized spacial score (nSPS) is 27.1. The van der Waals surface area contributed by atoms with Crippen LogP contribution in [0.1, 0.15) is 58.8 Å². The monoisotopic (exact) mass is 238 g/mol. The average Bonchev–Trinajstić information content (AvgIpc) is 2.78. The Bertz CT molecular complexity index is 283. The maximum Gasteiger partial charge on any atom is 0.242 e. The van der Waals surface area contributed by atoms with E-state index >= 15 is 0 Å². The largest absolute Gasteiger partial charge is 0.341 e. The quantitative estimate of drug-likeness (QED) is 0.802. The Balaban J connectivity index is 1.93. The van der Waals surface area contributed by atoms with E-state index in [1.807, 2.05) is 18.7 Å². The highest BCUT2D eigenvalue weighted by molar-refractivity contribution is 5.85. The topological polar surface area (TPSA) is 46.3 Å². The lowest BCUT2D eigenvalue weighted by Crippen LogP contribution is -2.55. The van der Waals surface area contributed by atoms with Crippen molar-refractivity contribution in [2.75, 3.05) is 13.1 Å². The molecule has 98 valence electrons. The molecule has 2 fully saturated rings. The molecule has 1 aliphatic heterocycles. The first kappa shape index (κ1) is 12.9. The van der Waals surface area contributed by atoms with Gasteiger partial charge >= 0.3 is 0 Å². The molecule has 2 rings (SSSR count). The molecule has 2 N–H and O–H groups in total. The molecule has 1 spiro atoms. The Labute approximate surface area is 105 Å². The molecule has 1 atom stereocenters. The highest BCUT2D eigenvalue weighted by Crippen LogP contribution is 2.46. The van der Waals surface area contributed by atoms with Gasteiger partial charge in [0.05, 0.1) is 5.54 Å². The fraction of sp³-hybridized carbons (Fsp3) is 0.929. The van der Waals surface area contributed by atoms with Gasteiger partial charge in [0.25, 0.3) is 0 Å². The number of hydrogen-bond donors (Lipinski definition) is 1. The molecule has 1 unspecified atom stereocenters. The first-order valence-electron chi connectivity index (χ1n) is 7.07. The summed E-state index contributed by atoms with van der Waals surface area (Å²) in [6, 6.07) is 0. The summed E-state index contributed by atoms with van der Waals surface area (Å²) in [5.41, 5.74) is 5.96. The summed E-state index contributed by atoms with van der Waals surface area (Å²) in [6.45, 7) is 5.69. The van der Waals surface area contributed by atoms with E-state index in [0.717, 1.165) is 13.1 Å². The van der Waals surface area contributed by atoms with Crippen molar-refractivity contribution in [1.82, 2.24) is 4.90 Å². The van der Waals surface area contributed by atoms with Crippen LogP contribution < -0.4 is 5.73 Å². The summed E-state index contributed by atoms with van der Waals surface area (Å²) in [5.74, 6) is 0.146. The minimum Gasteiger partial charge on any atom is -0.341 e. The first-order chi connectivity index (χ1) is 7.99. The standard InChI is InChI=1S/C14H26N2O/c1-3-13(2,15)12(17)16-10-8-14(9-11-16)6-4-5-7-14/h3-11,15H2,1-2H3. The minimum absolute atomic E-state index is 0.146. The van der Waals surface area contributed by atoms with Crippen LogP contribution in [0.25, 0.3) is 0 Å². The van der Waals surface area contributed by atoms with Crippen LogP contribution in [0.5, 0.6) is 0 Å². The van der Waals surface area contributed by atoms with Crippen molar-refractivity contribution in [3.8, 4) is 0 Å². The van der Waals surface area contributed by atoms with E-state index < -0.39 is 5.54 Å². The third-order valence-corrected chi connectivity index (χ3v) is 5.00. The van der Waals surface area contributed by atoms with Gasteiger partial charge in [0, 0.05) is 13.1 Å². The van der Waals surface area contributed by atoms with Gasteiger partial charge in [-0.1, -0.05) is 19.8 Å². The van der Waals surface area contributed by atoms with Crippen molar-refractivity contribution in [1.29, 1.82) is 0 Å². The fourth-order valence-electron chi connectivity index (χ4n) is 3.32. The number of amides is 1. The number of carbonyl (C=O) groups excluding carboxylic acids is 1. The number of carbonyl (C=O) groups is 1. The molecule has 1 saturated heterocycles. The third kappa shape index (κ3) is 2.49. The molecular formula is C14H26N2O. The molecule has 0 radical (unpaired) electrons. The SMILES string of the molecule is CCC(C)(N)C(=O)N1CCC2(CCCC2)CC1. The van der Waals surface area contributed by atoms with Crippen molar-refractivity contribution in [2.45, 2.75) is 64.3 Å². The molecule has 0 aromatic heterocycles. The second kappa shape index (κ2) is 4.60. The number of hydrogen-bond acceptors (Lipinski definition) is 2. The van der Waals surface area contributed by atoms with Gasteiger partial charge in [0.1, 0.15) is 0 Å². The molecule has 2 aliphatic rings. The van der Waals surface area contributed by atoms with Crippen LogP contribution in [-0.4, -0.2) is 29.4 Å². The molecule has 17 heavy (non-hydrogen) atoms. The summed E-state index contributed by atoms with van der Waals surface area (Å²) >= 11 is 0. The Morgan fingerprint density at radius 2 is 1.76 bits per heavy atom. The second-order valence-corrected chi connectivity index (χ2v) is 6.27. The molecule has 3 heteroatoms. The third-order valence-electron chi connectivity index (χ3n) is 5.00. The van der Waals surface area contributed by atoms with E-state index in [-0.39, 0.29) is 5.91 Å². The highest BCUT2D eigenvalue weighted by atomic mass is 16.2. The summed E-state index contributed by atoms with van der Waals surface area (Å²) < 4.78 is 0. The van der Waals surface area contributed by atoms with Crippen LogP contribution >= 0.6 is 0 Å². The van der Waals surface area contributed by atoms with E-state index in [0.29, 0.717) is 11.8 Å². The zero-order valence-electron chi connectivity index (χ0n) is 11.3. The Hall–Kier alpha value is -0.570. The summed E-state index contributed by atoms with van der Waals surface area (Å²) in [7, 11) is 0. The lowest BCUT2D eigenvalue weighted by molar-refractivity contribution is -0.138. The molecule has 1 heterocycles. The molecular weight excluding hydrogens is 212 g/mol. The van der Waals surface area contributed by atoms with Gasteiger partial charge in [0.15, 0.2) is 0 Å². The van der Waals surface area contributed by atoms with E-state index in [1.54, 1.807) is 0 Å². The number of nitrogens with zero attached hydrogens (tertiary/aromatic N) is 1. The maximum absolute atomic E-state index is 12.3. The van der Waals surface area contributed by atoms with E-state index in [4.69, 9.17) is 5.73 Å². The average molecular weight is 238 g/mol. The Kier molecular flexibility index (Phi) is 3.48. The zero-order chi connectivity index (χ0) is 12.5. The van der Waals surface area contributed by atoms with Crippen LogP contribution in [0.2, 0.25) is 0 Å².